The van der Waals surface area contributed by atoms with Crippen molar-refractivity contribution >= 4 is 13.3 Å². The van der Waals surface area contributed by atoms with Crippen molar-refractivity contribution in [2.24, 2.45) is 0 Å². The summed E-state index contributed by atoms with van der Waals surface area (Å²) in [4.78, 5) is 4.05. The number of benzene rings is 1. The van der Waals surface area contributed by atoms with Crippen LogP contribution in [0.1, 0.15) is 6.92 Å². The zero-order chi connectivity index (χ0) is 12.3. The third kappa shape index (κ3) is 3.11. The highest BCUT2D eigenvalue weighted by Crippen LogP contribution is 2.26. The number of nitrogens with zero attached hydrogens (tertiary/aromatic N) is 2. The molecule has 2 unspecified atom stereocenters. The molecule has 0 saturated heterocycles. The number of hydrogen-bond acceptors (Lipinski definition) is 4. The van der Waals surface area contributed by atoms with Crippen LogP contribution in [0.3, 0.4) is 0 Å². The maximum atomic E-state index is 12.0. The van der Waals surface area contributed by atoms with Crippen LogP contribution in [-0.4, -0.2) is 29.7 Å². The van der Waals surface area contributed by atoms with Gasteiger partial charge in [0, 0.05) is 24.8 Å². The van der Waals surface area contributed by atoms with Gasteiger partial charge in [-0.15, -0.1) is 0 Å². The van der Waals surface area contributed by atoms with Gasteiger partial charge in [0.25, 0.3) is 0 Å². The number of rotatable bonds is 4. The van der Waals surface area contributed by atoms with Crippen LogP contribution in [0, 0.1) is 0 Å². The standard InChI is InChI=1S/C12H17N2O2P/c1-11(14-9-8-13(2)10-14)16-17(15)12-6-4-3-5-7-12/h3-9,11,17H,10H2,1-2H3. The van der Waals surface area contributed by atoms with Crippen molar-refractivity contribution in [1.29, 1.82) is 0 Å². The van der Waals surface area contributed by atoms with Crippen molar-refractivity contribution in [3.63, 3.8) is 0 Å². The molecule has 0 fully saturated rings. The van der Waals surface area contributed by atoms with Gasteiger partial charge in [-0.2, -0.15) is 0 Å². The molecule has 0 radical (unpaired) electrons. The molecular weight excluding hydrogens is 235 g/mol. The predicted octanol–water partition coefficient (Wildman–Crippen LogP) is 1.83. The van der Waals surface area contributed by atoms with E-state index in [2.05, 4.69) is 0 Å². The summed E-state index contributed by atoms with van der Waals surface area (Å²) < 4.78 is 17.6. The van der Waals surface area contributed by atoms with Crippen LogP contribution in [0.15, 0.2) is 42.7 Å². The summed E-state index contributed by atoms with van der Waals surface area (Å²) in [7, 11) is -0.175. The Labute approximate surface area is 102 Å². The van der Waals surface area contributed by atoms with Crippen LogP contribution >= 0.6 is 8.03 Å². The van der Waals surface area contributed by atoms with Gasteiger partial charge in [0.05, 0.1) is 6.67 Å². The summed E-state index contributed by atoms with van der Waals surface area (Å²) in [6.45, 7) is 2.68. The van der Waals surface area contributed by atoms with Gasteiger partial charge < -0.3 is 14.3 Å². The summed E-state index contributed by atoms with van der Waals surface area (Å²) in [6, 6.07) is 9.31. The minimum Gasteiger partial charge on any atom is -0.362 e. The molecule has 1 heterocycles. The van der Waals surface area contributed by atoms with Crippen LogP contribution in [0.5, 0.6) is 0 Å². The second kappa shape index (κ2) is 5.39. The Bertz CT molecular complexity index is 422. The lowest BCUT2D eigenvalue weighted by Crippen LogP contribution is -2.31. The van der Waals surface area contributed by atoms with Gasteiger partial charge in [0.2, 0.25) is 8.03 Å². The Morgan fingerprint density at radius 3 is 2.59 bits per heavy atom. The molecule has 4 nitrogen and oxygen atoms in total. The van der Waals surface area contributed by atoms with Gasteiger partial charge >= 0.3 is 0 Å². The monoisotopic (exact) mass is 252 g/mol. The minimum atomic E-state index is -2.16. The molecule has 1 aromatic rings. The first kappa shape index (κ1) is 12.2. The van der Waals surface area contributed by atoms with Crippen LogP contribution < -0.4 is 5.30 Å². The lowest BCUT2D eigenvalue weighted by Gasteiger charge is -2.25. The molecular formula is C12H17N2O2P. The number of hydrogen-bond donors (Lipinski definition) is 0. The molecule has 5 heteroatoms. The molecule has 0 saturated carbocycles. The third-order valence-electron chi connectivity index (χ3n) is 2.65. The fourth-order valence-electron chi connectivity index (χ4n) is 1.65. The van der Waals surface area contributed by atoms with E-state index < -0.39 is 8.03 Å². The maximum absolute atomic E-state index is 12.0. The fourth-order valence-corrected chi connectivity index (χ4v) is 2.70. The molecule has 0 spiro atoms. The quantitative estimate of drug-likeness (QED) is 0.765. The molecule has 0 aliphatic carbocycles. The molecule has 0 bridgehead atoms. The second-order valence-corrected chi connectivity index (χ2v) is 5.47. The van der Waals surface area contributed by atoms with Gasteiger partial charge in [0.1, 0.15) is 6.23 Å². The molecule has 2 atom stereocenters. The smallest absolute Gasteiger partial charge is 0.222 e. The molecule has 17 heavy (non-hydrogen) atoms. The molecule has 1 aliphatic rings. The van der Waals surface area contributed by atoms with Gasteiger partial charge in [-0.1, -0.05) is 18.2 Å². The first-order chi connectivity index (χ1) is 8.16. The van der Waals surface area contributed by atoms with E-state index in [1.807, 2.05) is 66.5 Å². The lowest BCUT2D eigenvalue weighted by atomic mass is 10.4. The van der Waals surface area contributed by atoms with Crippen molar-refractivity contribution in [2.45, 2.75) is 13.2 Å². The topological polar surface area (TPSA) is 32.8 Å². The van der Waals surface area contributed by atoms with E-state index in [0.29, 0.717) is 0 Å². The Balaban J connectivity index is 1.93. The molecule has 92 valence electrons. The van der Waals surface area contributed by atoms with E-state index in [4.69, 9.17) is 4.52 Å². The first-order valence-electron chi connectivity index (χ1n) is 5.57. The van der Waals surface area contributed by atoms with Crippen LogP contribution in [0.4, 0.5) is 0 Å². The van der Waals surface area contributed by atoms with Gasteiger partial charge in [-0.3, -0.25) is 4.57 Å². The van der Waals surface area contributed by atoms with E-state index in [0.717, 1.165) is 12.0 Å². The predicted molar refractivity (Wildman–Crippen MR) is 69.2 cm³/mol. The molecule has 0 N–H and O–H groups in total. The largest absolute Gasteiger partial charge is 0.362 e. The Kier molecular flexibility index (Phi) is 3.87. The molecule has 0 aromatic heterocycles. The average Bonchev–Trinajstić information content (AvgIpc) is 2.77. The zero-order valence-electron chi connectivity index (χ0n) is 10.0. The van der Waals surface area contributed by atoms with E-state index in [1.165, 1.54) is 0 Å². The Morgan fingerprint density at radius 2 is 2.00 bits per heavy atom. The van der Waals surface area contributed by atoms with Gasteiger partial charge in [-0.25, -0.2) is 0 Å². The second-order valence-electron chi connectivity index (χ2n) is 4.08. The van der Waals surface area contributed by atoms with E-state index in [-0.39, 0.29) is 6.23 Å². The fraction of sp³-hybridized carbons (Fsp3) is 0.333. The summed E-state index contributed by atoms with van der Waals surface area (Å²) in [6.07, 6.45) is 3.74. The summed E-state index contributed by atoms with van der Waals surface area (Å²) in [5, 5.41) is 0.765. The molecule has 0 amide bonds. The highest BCUT2D eigenvalue weighted by Gasteiger charge is 2.18. The van der Waals surface area contributed by atoms with E-state index >= 15 is 0 Å². The lowest BCUT2D eigenvalue weighted by molar-refractivity contribution is 0.0754. The van der Waals surface area contributed by atoms with Crippen molar-refractivity contribution in [1.82, 2.24) is 9.80 Å². The SMILES string of the molecule is CC(O[PH](=O)c1ccccc1)N1C=CN(C)C1. The van der Waals surface area contributed by atoms with Gasteiger partial charge in [-0.05, 0) is 19.1 Å². The molecule has 1 aliphatic heterocycles. The van der Waals surface area contributed by atoms with E-state index in [1.54, 1.807) is 0 Å². The Hall–Kier alpha value is -1.25. The third-order valence-corrected chi connectivity index (χ3v) is 4.01. The summed E-state index contributed by atoms with van der Waals surface area (Å²) >= 11 is 0. The molecule has 2 rings (SSSR count). The average molecular weight is 252 g/mol. The van der Waals surface area contributed by atoms with Crippen molar-refractivity contribution < 1.29 is 9.09 Å². The highest BCUT2D eigenvalue weighted by molar-refractivity contribution is 7.48. The van der Waals surface area contributed by atoms with Crippen LogP contribution in [0.25, 0.3) is 0 Å². The van der Waals surface area contributed by atoms with E-state index in [9.17, 15) is 4.57 Å². The van der Waals surface area contributed by atoms with Crippen molar-refractivity contribution in [2.75, 3.05) is 13.7 Å². The Morgan fingerprint density at radius 1 is 1.29 bits per heavy atom. The summed E-state index contributed by atoms with van der Waals surface area (Å²) in [5.41, 5.74) is 0. The van der Waals surface area contributed by atoms with Crippen molar-refractivity contribution in [3.05, 3.63) is 42.7 Å². The normalized spacial score (nSPS) is 18.5. The van der Waals surface area contributed by atoms with Crippen LogP contribution in [-0.2, 0) is 9.09 Å². The summed E-state index contributed by atoms with van der Waals surface area (Å²) in [5.74, 6) is 0. The molecule has 1 aromatic carbocycles. The van der Waals surface area contributed by atoms with Gasteiger partial charge in [0.15, 0.2) is 0 Å². The maximum Gasteiger partial charge on any atom is 0.222 e. The highest BCUT2D eigenvalue weighted by atomic mass is 31.1. The minimum absolute atomic E-state index is 0.178. The first-order valence-corrected chi connectivity index (χ1v) is 6.89. The van der Waals surface area contributed by atoms with Crippen LogP contribution in [0.2, 0.25) is 0 Å². The zero-order valence-corrected chi connectivity index (χ0v) is 11.0. The van der Waals surface area contributed by atoms with Crippen molar-refractivity contribution in [3.8, 4) is 0 Å².